The summed E-state index contributed by atoms with van der Waals surface area (Å²) in [6.07, 6.45) is 0.885. The lowest BCUT2D eigenvalue weighted by Crippen LogP contribution is -2.46. The molecule has 0 bridgehead atoms. The molecule has 0 aliphatic rings. The minimum Gasteiger partial charge on any atom is -0.464 e. The summed E-state index contributed by atoms with van der Waals surface area (Å²) in [6.45, 7) is 4.28. The number of rotatable bonds is 6. The van der Waals surface area contributed by atoms with Gasteiger partial charge in [-0.15, -0.1) is 0 Å². The molecule has 0 aliphatic carbocycles. The molecule has 3 N–H and O–H groups in total. The first kappa shape index (κ1) is 15.2. The molecule has 5 heteroatoms. The summed E-state index contributed by atoms with van der Waals surface area (Å²) in [5.74, 6) is -1.23. The van der Waals surface area contributed by atoms with Crippen LogP contribution in [0.15, 0.2) is 24.3 Å². The molecule has 0 spiro atoms. The van der Waals surface area contributed by atoms with Gasteiger partial charge in [0.1, 0.15) is 0 Å². The monoisotopic (exact) mass is 264 g/mol. The number of carbonyl (C=O) groups excluding carboxylic acids is 2. The number of nitrogens with one attached hydrogen (secondary N) is 1. The molecular formula is C14H20N2O3. The maximum atomic E-state index is 11.7. The molecule has 1 amide bonds. The molecule has 1 unspecified atom stereocenters. The van der Waals surface area contributed by atoms with Crippen LogP contribution >= 0.6 is 0 Å². The third-order valence-electron chi connectivity index (χ3n) is 2.78. The Morgan fingerprint density at radius 3 is 2.47 bits per heavy atom. The number of esters is 1. The van der Waals surface area contributed by atoms with Gasteiger partial charge in [0, 0.05) is 6.54 Å². The second kappa shape index (κ2) is 7.53. The van der Waals surface area contributed by atoms with Gasteiger partial charge < -0.3 is 15.8 Å². The summed E-state index contributed by atoms with van der Waals surface area (Å²) in [7, 11) is 0. The average molecular weight is 264 g/mol. The van der Waals surface area contributed by atoms with Crippen LogP contribution in [0.1, 0.15) is 25.0 Å². The van der Waals surface area contributed by atoms with Crippen LogP contribution < -0.4 is 11.1 Å². The molecule has 0 fully saturated rings. The first-order chi connectivity index (χ1) is 9.10. The van der Waals surface area contributed by atoms with Crippen molar-refractivity contribution in [2.24, 2.45) is 5.73 Å². The predicted molar refractivity (Wildman–Crippen MR) is 72.3 cm³/mol. The number of aryl methyl sites for hydroxylation is 1. The van der Waals surface area contributed by atoms with E-state index >= 15 is 0 Å². The van der Waals surface area contributed by atoms with Gasteiger partial charge in [-0.25, -0.2) is 4.79 Å². The minimum absolute atomic E-state index is 0.207. The van der Waals surface area contributed by atoms with E-state index in [9.17, 15) is 9.59 Å². The molecule has 19 heavy (non-hydrogen) atoms. The molecule has 104 valence electrons. The SMILES string of the molecule is CCOC(=O)C(N)C(=O)NCc1ccccc1CC. The summed E-state index contributed by atoms with van der Waals surface area (Å²) in [5.41, 5.74) is 7.68. The second-order valence-electron chi connectivity index (χ2n) is 4.07. The normalized spacial score (nSPS) is 11.7. The standard InChI is InChI=1S/C14H20N2O3/c1-3-10-7-5-6-8-11(10)9-16-13(17)12(15)14(18)19-4-2/h5-8,12H,3-4,9,15H2,1-2H3,(H,16,17). The Bertz CT molecular complexity index is 446. The zero-order valence-corrected chi connectivity index (χ0v) is 11.3. The molecule has 0 saturated heterocycles. The van der Waals surface area contributed by atoms with Gasteiger partial charge >= 0.3 is 5.97 Å². The molecule has 1 aromatic carbocycles. The maximum Gasteiger partial charge on any atom is 0.332 e. The largest absolute Gasteiger partial charge is 0.464 e. The first-order valence-electron chi connectivity index (χ1n) is 6.36. The van der Waals surface area contributed by atoms with E-state index in [1.54, 1.807) is 6.92 Å². The fourth-order valence-corrected chi connectivity index (χ4v) is 1.71. The van der Waals surface area contributed by atoms with E-state index in [1.807, 2.05) is 31.2 Å². The molecule has 0 radical (unpaired) electrons. The number of hydrogen-bond acceptors (Lipinski definition) is 4. The van der Waals surface area contributed by atoms with Gasteiger partial charge in [-0.05, 0) is 24.5 Å². The average Bonchev–Trinajstić information content (AvgIpc) is 2.44. The Morgan fingerprint density at radius 1 is 1.26 bits per heavy atom. The Labute approximate surface area is 113 Å². The number of carbonyl (C=O) groups is 2. The van der Waals surface area contributed by atoms with E-state index in [1.165, 1.54) is 0 Å². The highest BCUT2D eigenvalue weighted by molar-refractivity contribution is 6.01. The van der Waals surface area contributed by atoms with E-state index in [0.29, 0.717) is 6.54 Å². The van der Waals surface area contributed by atoms with Gasteiger partial charge in [-0.1, -0.05) is 31.2 Å². The van der Waals surface area contributed by atoms with Crippen molar-refractivity contribution in [2.75, 3.05) is 6.61 Å². The summed E-state index contributed by atoms with van der Waals surface area (Å²) in [5, 5.41) is 2.65. The molecule has 1 rings (SSSR count). The first-order valence-corrected chi connectivity index (χ1v) is 6.36. The maximum absolute atomic E-state index is 11.7. The van der Waals surface area contributed by atoms with Crippen molar-refractivity contribution in [3.05, 3.63) is 35.4 Å². The van der Waals surface area contributed by atoms with Crippen LogP contribution in [0, 0.1) is 0 Å². The van der Waals surface area contributed by atoms with Gasteiger partial charge in [0.15, 0.2) is 6.04 Å². The van der Waals surface area contributed by atoms with Gasteiger partial charge in [-0.3, -0.25) is 4.79 Å². The molecule has 5 nitrogen and oxygen atoms in total. The molecule has 0 saturated carbocycles. The Balaban J connectivity index is 2.56. The Kier molecular flexibility index (Phi) is 6.02. The van der Waals surface area contributed by atoms with Crippen molar-refractivity contribution in [3.8, 4) is 0 Å². The number of benzene rings is 1. The van der Waals surface area contributed by atoms with Crippen molar-refractivity contribution in [2.45, 2.75) is 32.9 Å². The van der Waals surface area contributed by atoms with Crippen molar-refractivity contribution >= 4 is 11.9 Å². The van der Waals surface area contributed by atoms with E-state index < -0.39 is 17.9 Å². The highest BCUT2D eigenvalue weighted by atomic mass is 16.5. The summed E-state index contributed by atoms with van der Waals surface area (Å²) in [6, 6.07) is 6.54. The van der Waals surface area contributed by atoms with Gasteiger partial charge in [-0.2, -0.15) is 0 Å². The third-order valence-corrected chi connectivity index (χ3v) is 2.78. The van der Waals surface area contributed by atoms with E-state index in [-0.39, 0.29) is 6.61 Å². The predicted octanol–water partition coefficient (Wildman–Crippen LogP) is 0.756. The van der Waals surface area contributed by atoms with Crippen molar-refractivity contribution in [1.82, 2.24) is 5.32 Å². The fraction of sp³-hybridized carbons (Fsp3) is 0.429. The van der Waals surface area contributed by atoms with Crippen LogP contribution in [0.2, 0.25) is 0 Å². The molecule has 1 atom stereocenters. The lowest BCUT2D eigenvalue weighted by molar-refractivity contribution is -0.148. The molecular weight excluding hydrogens is 244 g/mol. The molecule has 1 aromatic rings. The molecule has 0 aromatic heterocycles. The van der Waals surface area contributed by atoms with E-state index in [0.717, 1.165) is 17.5 Å². The smallest absolute Gasteiger partial charge is 0.332 e. The quantitative estimate of drug-likeness (QED) is 0.587. The van der Waals surface area contributed by atoms with Crippen LogP contribution in [-0.2, 0) is 27.3 Å². The van der Waals surface area contributed by atoms with Gasteiger partial charge in [0.05, 0.1) is 6.61 Å². The van der Waals surface area contributed by atoms with Crippen molar-refractivity contribution < 1.29 is 14.3 Å². The number of hydrogen-bond donors (Lipinski definition) is 2. The van der Waals surface area contributed by atoms with Crippen LogP contribution in [0.5, 0.6) is 0 Å². The lowest BCUT2D eigenvalue weighted by Gasteiger charge is -2.12. The third kappa shape index (κ3) is 4.37. The van der Waals surface area contributed by atoms with Gasteiger partial charge in [0.2, 0.25) is 5.91 Å². The Hall–Kier alpha value is -1.88. The number of ether oxygens (including phenoxy) is 1. The summed E-state index contributed by atoms with van der Waals surface area (Å²) >= 11 is 0. The van der Waals surface area contributed by atoms with Crippen LogP contribution in [0.25, 0.3) is 0 Å². The highest BCUT2D eigenvalue weighted by Gasteiger charge is 2.22. The zero-order chi connectivity index (χ0) is 14.3. The van der Waals surface area contributed by atoms with Crippen LogP contribution in [-0.4, -0.2) is 24.5 Å². The summed E-state index contributed by atoms with van der Waals surface area (Å²) in [4.78, 5) is 23.0. The summed E-state index contributed by atoms with van der Waals surface area (Å²) < 4.78 is 4.70. The van der Waals surface area contributed by atoms with E-state index in [2.05, 4.69) is 5.32 Å². The lowest BCUT2D eigenvalue weighted by atomic mass is 10.1. The van der Waals surface area contributed by atoms with E-state index in [4.69, 9.17) is 10.5 Å². The van der Waals surface area contributed by atoms with Crippen molar-refractivity contribution in [1.29, 1.82) is 0 Å². The minimum atomic E-state index is -1.27. The van der Waals surface area contributed by atoms with Crippen molar-refractivity contribution in [3.63, 3.8) is 0 Å². The molecule has 0 heterocycles. The number of amides is 1. The number of nitrogens with two attached hydrogens (primary N) is 1. The topological polar surface area (TPSA) is 81.4 Å². The van der Waals surface area contributed by atoms with Crippen LogP contribution in [0.4, 0.5) is 0 Å². The van der Waals surface area contributed by atoms with Gasteiger partial charge in [0.25, 0.3) is 0 Å². The van der Waals surface area contributed by atoms with Crippen LogP contribution in [0.3, 0.4) is 0 Å². The highest BCUT2D eigenvalue weighted by Crippen LogP contribution is 2.08. The Morgan fingerprint density at radius 2 is 1.89 bits per heavy atom. The zero-order valence-electron chi connectivity index (χ0n) is 11.3. The molecule has 0 aliphatic heterocycles. The second-order valence-corrected chi connectivity index (χ2v) is 4.07. The fourth-order valence-electron chi connectivity index (χ4n) is 1.71.